The number of nitrogens with one attached hydrogen (secondary N) is 2. The Morgan fingerprint density at radius 2 is 2.24 bits per heavy atom. The average Bonchev–Trinajstić information content (AvgIpc) is 3.06. The van der Waals surface area contributed by atoms with E-state index in [1.807, 2.05) is 0 Å². The summed E-state index contributed by atoms with van der Waals surface area (Å²) < 4.78 is 0. The van der Waals surface area contributed by atoms with Crippen molar-refractivity contribution in [2.45, 2.75) is 45.3 Å². The number of rotatable bonds is 6. The van der Waals surface area contributed by atoms with Crippen molar-refractivity contribution in [2.24, 2.45) is 4.99 Å². The minimum atomic E-state index is 0.715. The maximum Gasteiger partial charge on any atom is 0.191 e. The highest BCUT2D eigenvalue weighted by atomic mass is 32.2. The molecule has 1 aliphatic rings. The SMILES string of the molecule is CCNC(=NCC1CCCS1)NCCc1sc(C)nc1C. The predicted octanol–water partition coefficient (Wildman–Crippen LogP) is 2.75. The molecule has 0 aromatic carbocycles. The van der Waals surface area contributed by atoms with Crippen LogP contribution in [0.4, 0.5) is 0 Å². The summed E-state index contributed by atoms with van der Waals surface area (Å²) >= 11 is 3.86. The van der Waals surface area contributed by atoms with Gasteiger partial charge in [0, 0.05) is 29.6 Å². The third-order valence-corrected chi connectivity index (χ3v) is 5.98. The van der Waals surface area contributed by atoms with Crippen molar-refractivity contribution < 1.29 is 0 Å². The molecule has 2 rings (SSSR count). The molecule has 1 fully saturated rings. The van der Waals surface area contributed by atoms with E-state index in [4.69, 9.17) is 4.99 Å². The van der Waals surface area contributed by atoms with Crippen LogP contribution in [0.15, 0.2) is 4.99 Å². The molecule has 1 aromatic rings. The zero-order valence-electron chi connectivity index (χ0n) is 13.2. The van der Waals surface area contributed by atoms with Crippen LogP contribution in [0.25, 0.3) is 0 Å². The smallest absolute Gasteiger partial charge is 0.191 e. The highest BCUT2D eigenvalue weighted by molar-refractivity contribution is 8.00. The molecule has 0 bridgehead atoms. The summed E-state index contributed by atoms with van der Waals surface area (Å²) in [7, 11) is 0. The Balaban J connectivity index is 1.78. The number of aliphatic imine (C=N–C) groups is 1. The molecule has 1 saturated heterocycles. The van der Waals surface area contributed by atoms with Gasteiger partial charge in [-0.2, -0.15) is 11.8 Å². The van der Waals surface area contributed by atoms with Gasteiger partial charge in [-0.25, -0.2) is 4.98 Å². The molecule has 1 aromatic heterocycles. The summed E-state index contributed by atoms with van der Waals surface area (Å²) in [6, 6.07) is 0. The standard InChI is InChI=1S/C15H26N4S2/c1-4-16-15(18-10-13-6-5-9-20-13)17-8-7-14-11(2)19-12(3)21-14/h13H,4-10H2,1-3H3,(H2,16,17,18). The molecular formula is C15H26N4S2. The molecule has 6 heteroatoms. The van der Waals surface area contributed by atoms with Crippen LogP contribution in [0.3, 0.4) is 0 Å². The summed E-state index contributed by atoms with van der Waals surface area (Å²) in [6.45, 7) is 9.01. The number of thiazole rings is 1. The summed E-state index contributed by atoms with van der Waals surface area (Å²) in [5.41, 5.74) is 1.17. The molecule has 4 nitrogen and oxygen atoms in total. The second kappa shape index (κ2) is 8.63. The normalized spacial score (nSPS) is 19.0. The van der Waals surface area contributed by atoms with Crippen molar-refractivity contribution in [3.63, 3.8) is 0 Å². The van der Waals surface area contributed by atoms with Crippen LogP contribution in [-0.4, -0.2) is 41.6 Å². The second-order valence-corrected chi connectivity index (χ2v) is 7.97. The number of guanidine groups is 1. The first-order valence-electron chi connectivity index (χ1n) is 7.75. The van der Waals surface area contributed by atoms with Crippen molar-refractivity contribution in [2.75, 3.05) is 25.4 Å². The molecule has 1 atom stereocenters. The Bertz CT molecular complexity index is 464. The summed E-state index contributed by atoms with van der Waals surface area (Å²) in [6.07, 6.45) is 3.67. The van der Waals surface area contributed by atoms with Gasteiger partial charge in [-0.05, 0) is 39.4 Å². The lowest BCUT2D eigenvalue weighted by Gasteiger charge is -2.12. The lowest BCUT2D eigenvalue weighted by molar-refractivity contribution is 0.761. The van der Waals surface area contributed by atoms with E-state index in [9.17, 15) is 0 Å². The number of hydrogen-bond donors (Lipinski definition) is 2. The Morgan fingerprint density at radius 3 is 2.86 bits per heavy atom. The van der Waals surface area contributed by atoms with Gasteiger partial charge in [-0.1, -0.05) is 0 Å². The first-order valence-corrected chi connectivity index (χ1v) is 9.62. The lowest BCUT2D eigenvalue weighted by Crippen LogP contribution is -2.38. The summed E-state index contributed by atoms with van der Waals surface area (Å²) in [5, 5.41) is 8.64. The molecular weight excluding hydrogens is 300 g/mol. The topological polar surface area (TPSA) is 49.3 Å². The quantitative estimate of drug-likeness (QED) is 0.623. The molecule has 0 aliphatic carbocycles. The van der Waals surface area contributed by atoms with E-state index >= 15 is 0 Å². The molecule has 0 radical (unpaired) electrons. The molecule has 0 spiro atoms. The van der Waals surface area contributed by atoms with E-state index < -0.39 is 0 Å². The Labute approximate surface area is 136 Å². The van der Waals surface area contributed by atoms with E-state index in [0.29, 0.717) is 5.25 Å². The van der Waals surface area contributed by atoms with E-state index in [1.54, 1.807) is 11.3 Å². The lowest BCUT2D eigenvalue weighted by atomic mass is 10.2. The monoisotopic (exact) mass is 326 g/mol. The molecule has 0 amide bonds. The van der Waals surface area contributed by atoms with Gasteiger partial charge < -0.3 is 10.6 Å². The molecule has 2 N–H and O–H groups in total. The van der Waals surface area contributed by atoms with Crippen LogP contribution >= 0.6 is 23.1 Å². The van der Waals surface area contributed by atoms with Crippen LogP contribution in [0.1, 0.15) is 35.3 Å². The molecule has 2 heterocycles. The average molecular weight is 327 g/mol. The van der Waals surface area contributed by atoms with Crippen molar-refractivity contribution in [1.82, 2.24) is 15.6 Å². The van der Waals surface area contributed by atoms with Crippen LogP contribution in [0, 0.1) is 13.8 Å². The van der Waals surface area contributed by atoms with Gasteiger partial charge in [0.15, 0.2) is 5.96 Å². The Kier molecular flexibility index (Phi) is 6.83. The zero-order valence-corrected chi connectivity index (χ0v) is 14.9. The first kappa shape index (κ1) is 16.6. The molecule has 1 unspecified atom stereocenters. The number of aromatic nitrogens is 1. The van der Waals surface area contributed by atoms with Crippen molar-refractivity contribution in [1.29, 1.82) is 0 Å². The Hall–Kier alpha value is -0.750. The largest absolute Gasteiger partial charge is 0.357 e. The highest BCUT2D eigenvalue weighted by Crippen LogP contribution is 2.26. The second-order valence-electron chi connectivity index (χ2n) is 5.27. The molecule has 1 aliphatic heterocycles. The van der Waals surface area contributed by atoms with Gasteiger partial charge in [-0.3, -0.25) is 4.99 Å². The summed E-state index contributed by atoms with van der Waals surface area (Å²) in [5.74, 6) is 2.25. The van der Waals surface area contributed by atoms with E-state index in [-0.39, 0.29) is 0 Å². The number of hydrogen-bond acceptors (Lipinski definition) is 4. The number of thioether (sulfide) groups is 1. The third-order valence-electron chi connectivity index (χ3n) is 3.47. The molecule has 118 valence electrons. The number of nitrogens with zero attached hydrogens (tertiary/aromatic N) is 2. The van der Waals surface area contributed by atoms with Crippen LogP contribution in [-0.2, 0) is 6.42 Å². The van der Waals surface area contributed by atoms with Gasteiger partial charge in [0.2, 0.25) is 0 Å². The van der Waals surface area contributed by atoms with Crippen LogP contribution in [0.5, 0.6) is 0 Å². The van der Waals surface area contributed by atoms with Gasteiger partial charge in [0.25, 0.3) is 0 Å². The maximum absolute atomic E-state index is 4.72. The fourth-order valence-electron chi connectivity index (χ4n) is 2.42. The predicted molar refractivity (Wildman–Crippen MR) is 94.8 cm³/mol. The fraction of sp³-hybridized carbons (Fsp3) is 0.733. The number of aryl methyl sites for hydroxylation is 2. The van der Waals surface area contributed by atoms with Gasteiger partial charge in [0.1, 0.15) is 0 Å². The molecule has 0 saturated carbocycles. The van der Waals surface area contributed by atoms with Gasteiger partial charge in [-0.15, -0.1) is 11.3 Å². The highest BCUT2D eigenvalue weighted by Gasteiger charge is 2.15. The van der Waals surface area contributed by atoms with E-state index in [0.717, 1.165) is 37.0 Å². The zero-order chi connectivity index (χ0) is 15.1. The first-order chi connectivity index (χ1) is 10.2. The fourth-order valence-corrected chi connectivity index (χ4v) is 4.54. The van der Waals surface area contributed by atoms with Crippen molar-refractivity contribution in [3.05, 3.63) is 15.6 Å². The van der Waals surface area contributed by atoms with Crippen LogP contribution in [0.2, 0.25) is 0 Å². The van der Waals surface area contributed by atoms with Crippen molar-refractivity contribution in [3.8, 4) is 0 Å². The molecule has 21 heavy (non-hydrogen) atoms. The van der Waals surface area contributed by atoms with Crippen LogP contribution < -0.4 is 10.6 Å². The third kappa shape index (κ3) is 5.51. The Morgan fingerprint density at radius 1 is 1.38 bits per heavy atom. The van der Waals surface area contributed by atoms with Gasteiger partial charge >= 0.3 is 0 Å². The minimum Gasteiger partial charge on any atom is -0.357 e. The maximum atomic E-state index is 4.72. The van der Waals surface area contributed by atoms with Crippen molar-refractivity contribution >= 4 is 29.1 Å². The van der Waals surface area contributed by atoms with E-state index in [1.165, 1.54) is 29.2 Å². The van der Waals surface area contributed by atoms with E-state index in [2.05, 4.69) is 48.2 Å². The minimum absolute atomic E-state index is 0.715. The van der Waals surface area contributed by atoms with Gasteiger partial charge in [0.05, 0.1) is 17.2 Å². The summed E-state index contributed by atoms with van der Waals surface area (Å²) in [4.78, 5) is 10.6.